The largest absolute Gasteiger partial charge is 0.497 e. The molecule has 0 aromatic heterocycles. The zero-order chi connectivity index (χ0) is 19.2. The fraction of sp³-hybridized carbons (Fsp3) is 0.278. The van der Waals surface area contributed by atoms with Crippen LogP contribution in [0.1, 0.15) is 5.56 Å². The summed E-state index contributed by atoms with van der Waals surface area (Å²) >= 11 is 5.14. The number of thiocarbonyl (C=S) groups is 1. The molecule has 0 saturated heterocycles. The number of likely N-dealkylation sites (N-methyl/N-ethyl adjacent to an activating group) is 1. The van der Waals surface area contributed by atoms with Crippen LogP contribution in [0.15, 0.2) is 48.5 Å². The molecule has 0 heterocycles. The van der Waals surface area contributed by atoms with Crippen molar-refractivity contribution in [3.63, 3.8) is 0 Å². The van der Waals surface area contributed by atoms with E-state index in [1.165, 1.54) is 12.1 Å². The number of hydrogen-bond donors (Lipinski definition) is 2. The summed E-state index contributed by atoms with van der Waals surface area (Å²) in [4.78, 5) is 2.03. The first-order valence-electron chi connectivity index (χ1n) is 7.87. The van der Waals surface area contributed by atoms with Crippen LogP contribution in [0.2, 0.25) is 0 Å². The van der Waals surface area contributed by atoms with E-state index < -0.39 is 11.7 Å². The molecule has 0 aliphatic heterocycles. The third-order valence-corrected chi connectivity index (χ3v) is 3.94. The van der Waals surface area contributed by atoms with Crippen molar-refractivity contribution in [2.24, 2.45) is 0 Å². The highest BCUT2D eigenvalue weighted by molar-refractivity contribution is 7.80. The fourth-order valence-electron chi connectivity index (χ4n) is 2.25. The molecule has 0 aliphatic rings. The Kier molecular flexibility index (Phi) is 6.68. The number of nitrogens with one attached hydrogen (secondary N) is 2. The van der Waals surface area contributed by atoms with Gasteiger partial charge in [-0.3, -0.25) is 0 Å². The average Bonchev–Trinajstić information content (AvgIpc) is 2.61. The van der Waals surface area contributed by atoms with Crippen LogP contribution in [0, 0.1) is 0 Å². The average molecular weight is 383 g/mol. The van der Waals surface area contributed by atoms with E-state index in [0.717, 1.165) is 23.6 Å². The minimum Gasteiger partial charge on any atom is -0.497 e. The highest BCUT2D eigenvalue weighted by Gasteiger charge is 2.30. The number of nitrogens with zero attached hydrogens (tertiary/aromatic N) is 1. The Bertz CT molecular complexity index is 735. The Labute approximate surface area is 156 Å². The molecular formula is C18H20F3N3OS. The minimum atomic E-state index is -4.38. The second-order valence-corrected chi connectivity index (χ2v) is 5.99. The molecule has 2 rings (SSSR count). The number of rotatable bonds is 6. The summed E-state index contributed by atoms with van der Waals surface area (Å²) in [6.07, 6.45) is -4.38. The number of halogens is 3. The highest BCUT2D eigenvalue weighted by Crippen LogP contribution is 2.30. The van der Waals surface area contributed by atoms with E-state index in [-0.39, 0.29) is 5.11 Å². The van der Waals surface area contributed by atoms with E-state index in [9.17, 15) is 13.2 Å². The third kappa shape index (κ3) is 5.80. The van der Waals surface area contributed by atoms with Gasteiger partial charge in [-0.2, -0.15) is 13.2 Å². The molecule has 0 fully saturated rings. The molecule has 2 N–H and O–H groups in total. The van der Waals surface area contributed by atoms with Crippen molar-refractivity contribution in [1.82, 2.24) is 5.32 Å². The summed E-state index contributed by atoms with van der Waals surface area (Å²) in [6, 6.07) is 12.6. The molecule has 0 unspecified atom stereocenters. The van der Waals surface area contributed by atoms with Crippen LogP contribution in [0.25, 0.3) is 0 Å². The van der Waals surface area contributed by atoms with Crippen LogP contribution < -0.4 is 20.3 Å². The molecule has 0 bridgehead atoms. The van der Waals surface area contributed by atoms with Crippen LogP contribution in [-0.4, -0.2) is 32.4 Å². The molecule has 0 spiro atoms. The summed E-state index contributed by atoms with van der Waals surface area (Å²) in [7, 11) is 3.55. The normalized spacial score (nSPS) is 11.0. The van der Waals surface area contributed by atoms with E-state index in [1.54, 1.807) is 7.11 Å². The number of anilines is 2. The number of ether oxygens (including phenoxy) is 1. The maximum absolute atomic E-state index is 12.7. The summed E-state index contributed by atoms with van der Waals surface area (Å²) in [5, 5.41) is 6.02. The number of hydrogen-bond acceptors (Lipinski definition) is 3. The van der Waals surface area contributed by atoms with Gasteiger partial charge in [0.25, 0.3) is 0 Å². The van der Waals surface area contributed by atoms with E-state index in [1.807, 2.05) is 36.2 Å². The Hall–Kier alpha value is -2.48. The van der Waals surface area contributed by atoms with Crippen LogP contribution in [0.4, 0.5) is 24.5 Å². The van der Waals surface area contributed by atoms with Crippen LogP contribution >= 0.6 is 12.2 Å². The summed E-state index contributed by atoms with van der Waals surface area (Å²) in [5.41, 5.74) is 0.592. The number of methoxy groups -OCH3 is 1. The molecule has 0 saturated carbocycles. The van der Waals surface area contributed by atoms with Crippen molar-refractivity contribution in [1.29, 1.82) is 0 Å². The van der Waals surface area contributed by atoms with Gasteiger partial charge in [0, 0.05) is 31.5 Å². The molecule has 8 heteroatoms. The first kappa shape index (κ1) is 19.8. The van der Waals surface area contributed by atoms with E-state index >= 15 is 0 Å². The number of alkyl halides is 3. The predicted molar refractivity (Wildman–Crippen MR) is 102 cm³/mol. The summed E-state index contributed by atoms with van der Waals surface area (Å²) < 4.78 is 43.3. The van der Waals surface area contributed by atoms with Crippen molar-refractivity contribution in [3.8, 4) is 5.75 Å². The summed E-state index contributed by atoms with van der Waals surface area (Å²) in [6.45, 7) is 1.20. The van der Waals surface area contributed by atoms with Gasteiger partial charge < -0.3 is 20.3 Å². The fourth-order valence-corrected chi connectivity index (χ4v) is 2.47. The minimum absolute atomic E-state index is 0.271. The Balaban J connectivity index is 1.81. The monoisotopic (exact) mass is 383 g/mol. The molecule has 26 heavy (non-hydrogen) atoms. The van der Waals surface area contributed by atoms with Crippen molar-refractivity contribution < 1.29 is 17.9 Å². The second-order valence-electron chi connectivity index (χ2n) is 5.58. The SMILES string of the molecule is COc1ccc(N(C)CCNC(=S)Nc2cccc(C(F)(F)F)c2)cc1. The maximum atomic E-state index is 12.7. The van der Waals surface area contributed by atoms with Gasteiger partial charge >= 0.3 is 6.18 Å². The zero-order valence-electron chi connectivity index (χ0n) is 14.4. The number of benzene rings is 2. The first-order valence-corrected chi connectivity index (χ1v) is 8.28. The van der Waals surface area contributed by atoms with E-state index in [2.05, 4.69) is 10.6 Å². The standard InChI is InChI=1S/C18H20F3N3OS/c1-24(15-6-8-16(25-2)9-7-15)11-10-22-17(26)23-14-5-3-4-13(12-14)18(19,20)21/h3-9,12H,10-11H2,1-2H3,(H2,22,23,26). The van der Waals surface area contributed by atoms with Gasteiger partial charge in [-0.15, -0.1) is 0 Å². The van der Waals surface area contributed by atoms with Gasteiger partial charge in [0.05, 0.1) is 12.7 Å². The van der Waals surface area contributed by atoms with Crippen molar-refractivity contribution in [3.05, 3.63) is 54.1 Å². The smallest absolute Gasteiger partial charge is 0.416 e. The van der Waals surface area contributed by atoms with Gasteiger partial charge in [0.2, 0.25) is 0 Å². The molecule has 0 atom stereocenters. The van der Waals surface area contributed by atoms with Crippen molar-refractivity contribution in [2.45, 2.75) is 6.18 Å². The van der Waals surface area contributed by atoms with Gasteiger partial charge in [-0.25, -0.2) is 0 Å². The molecular weight excluding hydrogens is 363 g/mol. The lowest BCUT2D eigenvalue weighted by atomic mass is 10.2. The van der Waals surface area contributed by atoms with Crippen molar-refractivity contribution in [2.75, 3.05) is 37.5 Å². The molecule has 140 valence electrons. The van der Waals surface area contributed by atoms with Crippen LogP contribution in [0.3, 0.4) is 0 Å². The molecule has 0 amide bonds. The molecule has 2 aromatic carbocycles. The van der Waals surface area contributed by atoms with Gasteiger partial charge in [0.15, 0.2) is 5.11 Å². The van der Waals surface area contributed by atoms with Gasteiger partial charge in [-0.1, -0.05) is 6.07 Å². The lowest BCUT2D eigenvalue weighted by Gasteiger charge is -2.20. The second kappa shape index (κ2) is 8.75. The van der Waals surface area contributed by atoms with Crippen LogP contribution in [-0.2, 0) is 6.18 Å². The van der Waals surface area contributed by atoms with Gasteiger partial charge in [-0.05, 0) is 54.7 Å². The highest BCUT2D eigenvalue weighted by atomic mass is 32.1. The lowest BCUT2D eigenvalue weighted by Crippen LogP contribution is -2.35. The molecule has 4 nitrogen and oxygen atoms in total. The molecule has 2 aromatic rings. The van der Waals surface area contributed by atoms with E-state index in [4.69, 9.17) is 17.0 Å². The van der Waals surface area contributed by atoms with Crippen LogP contribution in [0.5, 0.6) is 5.75 Å². The third-order valence-electron chi connectivity index (χ3n) is 3.69. The molecule has 0 radical (unpaired) electrons. The molecule has 0 aliphatic carbocycles. The summed E-state index contributed by atoms with van der Waals surface area (Å²) in [5.74, 6) is 0.784. The lowest BCUT2D eigenvalue weighted by molar-refractivity contribution is -0.137. The first-order chi connectivity index (χ1) is 12.3. The predicted octanol–water partition coefficient (Wildman–Crippen LogP) is 4.14. The quantitative estimate of drug-likeness (QED) is 0.734. The Morgan fingerprint density at radius 3 is 2.46 bits per heavy atom. The van der Waals surface area contributed by atoms with Crippen molar-refractivity contribution >= 4 is 28.7 Å². The Morgan fingerprint density at radius 2 is 1.85 bits per heavy atom. The van der Waals surface area contributed by atoms with E-state index in [0.29, 0.717) is 18.8 Å². The topological polar surface area (TPSA) is 36.5 Å². The van der Waals surface area contributed by atoms with Gasteiger partial charge in [0.1, 0.15) is 5.75 Å². The zero-order valence-corrected chi connectivity index (χ0v) is 15.2. The maximum Gasteiger partial charge on any atom is 0.416 e. The Morgan fingerprint density at radius 1 is 1.15 bits per heavy atom.